The molecule has 0 aliphatic rings. The molecule has 20 heavy (non-hydrogen) atoms. The average molecular weight is 297 g/mol. The number of hydrogen-bond acceptors (Lipinski definition) is 4. The Kier molecular flexibility index (Phi) is 9.75. The summed E-state index contributed by atoms with van der Waals surface area (Å²) < 4.78 is 10.4. The zero-order valence-corrected chi connectivity index (χ0v) is 13.7. The second-order valence-electron chi connectivity index (χ2n) is 4.70. The first kappa shape index (κ1) is 17.5. The van der Waals surface area contributed by atoms with E-state index in [1.807, 2.05) is 11.8 Å². The van der Waals surface area contributed by atoms with Gasteiger partial charge in [-0.1, -0.05) is 19.1 Å². The second-order valence-corrected chi connectivity index (χ2v) is 5.87. The van der Waals surface area contributed by atoms with E-state index in [9.17, 15) is 0 Å². The molecule has 1 rings (SSSR count). The third-order valence-electron chi connectivity index (χ3n) is 2.99. The quantitative estimate of drug-likeness (QED) is 0.500. The van der Waals surface area contributed by atoms with Crippen molar-refractivity contribution in [2.24, 2.45) is 0 Å². The Bertz CT molecular complexity index is 360. The SMILES string of the molecule is CCCNC(C)c1cccc(SCCOCCOC)c1. The summed E-state index contributed by atoms with van der Waals surface area (Å²) in [7, 11) is 1.69. The van der Waals surface area contributed by atoms with E-state index >= 15 is 0 Å². The Balaban J connectivity index is 2.32. The van der Waals surface area contributed by atoms with Crippen molar-refractivity contribution in [1.29, 1.82) is 0 Å². The molecule has 1 unspecified atom stereocenters. The number of benzene rings is 1. The van der Waals surface area contributed by atoms with Crippen LogP contribution in [0.3, 0.4) is 0 Å². The smallest absolute Gasteiger partial charge is 0.0700 e. The van der Waals surface area contributed by atoms with E-state index in [2.05, 4.69) is 43.4 Å². The second kappa shape index (κ2) is 11.1. The number of thioether (sulfide) groups is 1. The van der Waals surface area contributed by atoms with Gasteiger partial charge < -0.3 is 14.8 Å². The Morgan fingerprint density at radius 2 is 2.10 bits per heavy atom. The molecule has 0 heterocycles. The lowest BCUT2D eigenvalue weighted by atomic mass is 10.1. The van der Waals surface area contributed by atoms with Crippen molar-refractivity contribution in [2.75, 3.05) is 39.2 Å². The monoisotopic (exact) mass is 297 g/mol. The van der Waals surface area contributed by atoms with Gasteiger partial charge in [0.25, 0.3) is 0 Å². The van der Waals surface area contributed by atoms with Gasteiger partial charge in [0.05, 0.1) is 19.8 Å². The van der Waals surface area contributed by atoms with Crippen LogP contribution in [-0.2, 0) is 9.47 Å². The predicted octanol–water partition coefficient (Wildman–Crippen LogP) is 3.50. The van der Waals surface area contributed by atoms with E-state index in [4.69, 9.17) is 9.47 Å². The molecule has 1 aromatic carbocycles. The highest BCUT2D eigenvalue weighted by atomic mass is 32.2. The summed E-state index contributed by atoms with van der Waals surface area (Å²) >= 11 is 1.84. The third-order valence-corrected chi connectivity index (χ3v) is 3.94. The van der Waals surface area contributed by atoms with Gasteiger partial charge in [-0.3, -0.25) is 0 Å². The number of ether oxygens (including phenoxy) is 2. The summed E-state index contributed by atoms with van der Waals surface area (Å²) in [4.78, 5) is 1.31. The Morgan fingerprint density at radius 1 is 1.25 bits per heavy atom. The largest absolute Gasteiger partial charge is 0.382 e. The van der Waals surface area contributed by atoms with E-state index in [1.54, 1.807) is 7.11 Å². The minimum Gasteiger partial charge on any atom is -0.382 e. The van der Waals surface area contributed by atoms with Crippen LogP contribution in [0.25, 0.3) is 0 Å². The van der Waals surface area contributed by atoms with Crippen molar-refractivity contribution >= 4 is 11.8 Å². The molecule has 0 bridgehead atoms. The highest BCUT2D eigenvalue weighted by molar-refractivity contribution is 7.99. The normalized spacial score (nSPS) is 12.6. The Morgan fingerprint density at radius 3 is 2.85 bits per heavy atom. The fourth-order valence-electron chi connectivity index (χ4n) is 1.82. The number of methoxy groups -OCH3 is 1. The van der Waals surface area contributed by atoms with E-state index in [1.165, 1.54) is 10.5 Å². The minimum atomic E-state index is 0.411. The number of rotatable bonds is 11. The van der Waals surface area contributed by atoms with E-state index in [-0.39, 0.29) is 0 Å². The van der Waals surface area contributed by atoms with Crippen molar-refractivity contribution in [1.82, 2.24) is 5.32 Å². The van der Waals surface area contributed by atoms with Gasteiger partial charge in [-0.2, -0.15) is 0 Å². The molecule has 0 saturated carbocycles. The first-order valence-electron chi connectivity index (χ1n) is 7.30. The molecule has 4 heteroatoms. The molecule has 0 aliphatic carbocycles. The van der Waals surface area contributed by atoms with E-state index < -0.39 is 0 Å². The van der Waals surface area contributed by atoms with Crippen LogP contribution in [0, 0.1) is 0 Å². The van der Waals surface area contributed by atoms with Crippen LogP contribution < -0.4 is 5.32 Å². The molecule has 1 N–H and O–H groups in total. The molecule has 0 amide bonds. The van der Waals surface area contributed by atoms with Gasteiger partial charge in [-0.15, -0.1) is 11.8 Å². The maximum atomic E-state index is 5.47. The van der Waals surface area contributed by atoms with Gasteiger partial charge in [0.1, 0.15) is 0 Å². The van der Waals surface area contributed by atoms with Crippen LogP contribution in [0.2, 0.25) is 0 Å². The molecule has 0 fully saturated rings. The third kappa shape index (κ3) is 7.29. The molecule has 1 aromatic rings. The van der Waals surface area contributed by atoms with Crippen LogP contribution in [0.5, 0.6) is 0 Å². The van der Waals surface area contributed by atoms with Crippen LogP contribution in [-0.4, -0.2) is 39.2 Å². The van der Waals surface area contributed by atoms with Crippen LogP contribution in [0.1, 0.15) is 31.9 Å². The van der Waals surface area contributed by atoms with Gasteiger partial charge in [0, 0.05) is 23.8 Å². The number of nitrogens with one attached hydrogen (secondary N) is 1. The topological polar surface area (TPSA) is 30.5 Å². The summed E-state index contributed by atoms with van der Waals surface area (Å²) in [5, 5.41) is 3.52. The lowest BCUT2D eigenvalue weighted by molar-refractivity contribution is 0.0790. The first-order chi connectivity index (χ1) is 9.77. The van der Waals surface area contributed by atoms with Gasteiger partial charge in [0.15, 0.2) is 0 Å². The van der Waals surface area contributed by atoms with Gasteiger partial charge in [-0.05, 0) is 37.6 Å². The predicted molar refractivity (Wildman–Crippen MR) is 86.6 cm³/mol. The minimum absolute atomic E-state index is 0.411. The maximum Gasteiger partial charge on any atom is 0.0700 e. The van der Waals surface area contributed by atoms with Crippen molar-refractivity contribution < 1.29 is 9.47 Å². The summed E-state index contributed by atoms with van der Waals surface area (Å²) in [5.74, 6) is 0.976. The van der Waals surface area contributed by atoms with Crippen molar-refractivity contribution in [2.45, 2.75) is 31.2 Å². The van der Waals surface area contributed by atoms with Gasteiger partial charge in [0.2, 0.25) is 0 Å². The molecule has 1 atom stereocenters. The molecule has 0 aliphatic heterocycles. The molecule has 114 valence electrons. The summed E-state index contributed by atoms with van der Waals surface area (Å²) in [6, 6.07) is 9.16. The van der Waals surface area contributed by atoms with Gasteiger partial charge >= 0.3 is 0 Å². The lowest BCUT2D eigenvalue weighted by Gasteiger charge is -2.14. The lowest BCUT2D eigenvalue weighted by Crippen LogP contribution is -2.19. The highest BCUT2D eigenvalue weighted by Gasteiger charge is 2.04. The molecule has 0 spiro atoms. The average Bonchev–Trinajstić information content (AvgIpc) is 2.48. The zero-order valence-electron chi connectivity index (χ0n) is 12.9. The summed E-state index contributed by atoms with van der Waals surface area (Å²) in [6.45, 7) is 7.58. The molecule has 0 saturated heterocycles. The van der Waals surface area contributed by atoms with Crippen molar-refractivity contribution in [3.63, 3.8) is 0 Å². The van der Waals surface area contributed by atoms with E-state index in [0.717, 1.165) is 25.3 Å². The molecule has 0 aromatic heterocycles. The molecule has 0 radical (unpaired) electrons. The fourth-order valence-corrected chi connectivity index (χ4v) is 2.65. The van der Waals surface area contributed by atoms with Crippen LogP contribution >= 0.6 is 11.8 Å². The fraction of sp³-hybridized carbons (Fsp3) is 0.625. The molecule has 3 nitrogen and oxygen atoms in total. The van der Waals surface area contributed by atoms with Crippen LogP contribution in [0.4, 0.5) is 0 Å². The van der Waals surface area contributed by atoms with E-state index in [0.29, 0.717) is 19.3 Å². The molecular formula is C16H27NO2S. The summed E-state index contributed by atoms with van der Waals surface area (Å²) in [6.07, 6.45) is 1.16. The standard InChI is InChI=1S/C16H27NO2S/c1-4-8-17-14(2)15-6-5-7-16(13-15)20-12-11-19-10-9-18-3/h5-7,13-14,17H,4,8-12H2,1-3H3. The van der Waals surface area contributed by atoms with Crippen LogP contribution in [0.15, 0.2) is 29.2 Å². The maximum absolute atomic E-state index is 5.47. The zero-order chi connectivity index (χ0) is 14.6. The summed E-state index contributed by atoms with van der Waals surface area (Å²) in [5.41, 5.74) is 1.35. The number of hydrogen-bond donors (Lipinski definition) is 1. The van der Waals surface area contributed by atoms with Crippen molar-refractivity contribution in [3.05, 3.63) is 29.8 Å². The van der Waals surface area contributed by atoms with Gasteiger partial charge in [-0.25, -0.2) is 0 Å². The highest BCUT2D eigenvalue weighted by Crippen LogP contribution is 2.22. The molecular weight excluding hydrogens is 270 g/mol. The van der Waals surface area contributed by atoms with Crippen molar-refractivity contribution in [3.8, 4) is 0 Å². The Labute approximate surface area is 127 Å². The Hall–Kier alpha value is -0.550. The first-order valence-corrected chi connectivity index (χ1v) is 8.29.